The molecule has 0 fully saturated rings. The van der Waals surface area contributed by atoms with Crippen LogP contribution in [-0.2, 0) is 4.79 Å². The molecule has 0 amide bonds. The maximum atomic E-state index is 10.5. The van der Waals surface area contributed by atoms with Gasteiger partial charge in [-0.05, 0) is 0 Å². The van der Waals surface area contributed by atoms with E-state index in [9.17, 15) is 15.0 Å². The molecule has 72 valence electrons. The summed E-state index contributed by atoms with van der Waals surface area (Å²) in [6.07, 6.45) is -18.0. The molecule has 0 aromatic rings. The molecular weight excluding hydrogens is 168 g/mol. The summed E-state index contributed by atoms with van der Waals surface area (Å²) in [6, 6.07) is 0. The van der Waals surface area contributed by atoms with E-state index in [0.717, 1.165) is 0 Å². The lowest BCUT2D eigenvalue weighted by atomic mass is 10.0. The molecular formula is C6H12O6. The standard InChI is InChI=1S/C6H12O6/c7-1-3(9)5(11)6(12)4(10)2-8/h1,3-6,8-12H,2H2/t3-,4+,5+,6+/m0/s1/i1D,3D,4D,5D,6D. The molecule has 6 heteroatoms. The van der Waals surface area contributed by atoms with Gasteiger partial charge in [0.05, 0.1) is 12.1 Å². The minimum atomic E-state index is -4.14. The van der Waals surface area contributed by atoms with Crippen molar-refractivity contribution in [3.8, 4) is 0 Å². The molecule has 0 unspecified atom stereocenters. The van der Waals surface area contributed by atoms with Crippen LogP contribution in [0.25, 0.3) is 0 Å². The van der Waals surface area contributed by atoms with Crippen molar-refractivity contribution >= 4 is 6.26 Å². The molecule has 0 spiro atoms. The summed E-state index contributed by atoms with van der Waals surface area (Å²) in [5.41, 5.74) is 0. The number of aliphatic hydroxyl groups excluding tert-OH is 1. The minimum Gasteiger partial charge on any atom is -0.394 e. The molecule has 6 nitrogen and oxygen atoms in total. The Hall–Kier alpha value is -0.530. The van der Waals surface area contributed by atoms with E-state index in [2.05, 4.69) is 0 Å². The van der Waals surface area contributed by atoms with E-state index in [-0.39, 0.29) is 0 Å². The first-order chi connectivity index (χ1) is 7.25. The summed E-state index contributed by atoms with van der Waals surface area (Å²) in [7, 11) is 0. The first-order valence-corrected chi connectivity index (χ1v) is 2.77. The molecule has 0 aromatic heterocycles. The van der Waals surface area contributed by atoms with Crippen LogP contribution in [0.1, 0.15) is 6.85 Å². The minimum absolute atomic E-state index is 1.63. The fraction of sp³-hybridized carbons (Fsp3) is 0.833. The highest BCUT2D eigenvalue weighted by Crippen LogP contribution is 2.02. The molecule has 0 aliphatic heterocycles. The SMILES string of the molecule is [2H]C(=O)[C@]([2H])(O)[C@@]([2H])(O)[C@]([2H])(O)[C@]([2H])(O)CO. The highest BCUT2D eigenvalue weighted by atomic mass is 16.4. The van der Waals surface area contributed by atoms with Gasteiger partial charge in [-0.15, -0.1) is 0 Å². The number of hydrogen-bond acceptors (Lipinski definition) is 6. The van der Waals surface area contributed by atoms with Crippen LogP contribution in [0.2, 0.25) is 0 Å². The van der Waals surface area contributed by atoms with Gasteiger partial charge in [-0.3, -0.25) is 0 Å². The summed E-state index contributed by atoms with van der Waals surface area (Å²) in [4.78, 5) is 10.5. The summed E-state index contributed by atoms with van der Waals surface area (Å²) in [5.74, 6) is 0. The van der Waals surface area contributed by atoms with Crippen molar-refractivity contribution in [2.45, 2.75) is 24.3 Å². The second-order valence-electron chi connectivity index (χ2n) is 1.75. The van der Waals surface area contributed by atoms with Crippen molar-refractivity contribution in [1.29, 1.82) is 0 Å². The van der Waals surface area contributed by atoms with Gasteiger partial charge in [0.25, 0.3) is 0 Å². The fourth-order valence-corrected chi connectivity index (χ4v) is 0.372. The third-order valence-corrected chi connectivity index (χ3v) is 0.968. The number of hydrogen-bond donors (Lipinski definition) is 5. The van der Waals surface area contributed by atoms with Crippen LogP contribution in [0.4, 0.5) is 0 Å². The van der Waals surface area contributed by atoms with Crippen LogP contribution in [-0.4, -0.2) is 62.7 Å². The maximum Gasteiger partial charge on any atom is 0.151 e. The first kappa shape index (κ1) is 5.25. The second-order valence-corrected chi connectivity index (χ2v) is 1.75. The molecule has 0 aliphatic rings. The lowest BCUT2D eigenvalue weighted by Crippen LogP contribution is -2.46. The van der Waals surface area contributed by atoms with E-state index in [1.807, 2.05) is 0 Å². The highest BCUT2D eigenvalue weighted by Gasteiger charge is 2.29. The topological polar surface area (TPSA) is 118 Å². The zero-order valence-corrected chi connectivity index (χ0v) is 5.85. The van der Waals surface area contributed by atoms with Gasteiger partial charge in [0.15, 0.2) is 6.26 Å². The van der Waals surface area contributed by atoms with Gasteiger partial charge < -0.3 is 30.3 Å². The van der Waals surface area contributed by atoms with E-state index >= 15 is 0 Å². The van der Waals surface area contributed by atoms with Crippen LogP contribution < -0.4 is 0 Å². The van der Waals surface area contributed by atoms with Crippen molar-refractivity contribution in [3.63, 3.8) is 0 Å². The molecule has 0 bridgehead atoms. The molecule has 0 radical (unpaired) electrons. The molecule has 12 heavy (non-hydrogen) atoms. The largest absolute Gasteiger partial charge is 0.394 e. The maximum absolute atomic E-state index is 10.5. The first-order valence-electron chi connectivity index (χ1n) is 5.27. The van der Waals surface area contributed by atoms with Gasteiger partial charge in [0, 0.05) is 0 Å². The summed E-state index contributed by atoms with van der Waals surface area (Å²) in [5, 5.41) is 45.2. The molecule has 0 saturated carbocycles. The lowest BCUT2D eigenvalue weighted by molar-refractivity contribution is -0.136. The summed E-state index contributed by atoms with van der Waals surface area (Å²) in [6.45, 7) is -1.63. The Kier molecular flexibility index (Phi) is 2.27. The van der Waals surface area contributed by atoms with Crippen LogP contribution >= 0.6 is 0 Å². The van der Waals surface area contributed by atoms with E-state index in [1.165, 1.54) is 0 Å². The van der Waals surface area contributed by atoms with E-state index in [1.54, 1.807) is 0 Å². The number of carbonyl (C=O) groups excluding carboxylic acids is 1. The van der Waals surface area contributed by atoms with Crippen molar-refractivity contribution in [1.82, 2.24) is 0 Å². The molecule has 0 heterocycles. The van der Waals surface area contributed by atoms with Crippen LogP contribution in [0.15, 0.2) is 0 Å². The average molecular weight is 185 g/mol. The highest BCUT2D eigenvalue weighted by molar-refractivity contribution is 5.56. The smallest absolute Gasteiger partial charge is 0.151 e. The van der Waals surface area contributed by atoms with Crippen LogP contribution in [0.5, 0.6) is 0 Å². The Balaban J connectivity index is 5.69. The molecule has 0 aromatic carbocycles. The van der Waals surface area contributed by atoms with Gasteiger partial charge in [0.1, 0.15) is 25.7 Å². The molecule has 0 saturated heterocycles. The van der Waals surface area contributed by atoms with Gasteiger partial charge in [-0.1, -0.05) is 0 Å². The van der Waals surface area contributed by atoms with E-state index < -0.39 is 37.2 Å². The normalized spacial score (nSPS) is 37.6. The van der Waals surface area contributed by atoms with Crippen molar-refractivity contribution in [2.24, 2.45) is 0 Å². The Morgan fingerprint density at radius 1 is 1.33 bits per heavy atom. The monoisotopic (exact) mass is 185 g/mol. The Labute approximate surface area is 75.7 Å². The predicted octanol–water partition coefficient (Wildman–Crippen LogP) is -3.38. The second kappa shape index (κ2) is 5.18. The van der Waals surface area contributed by atoms with Crippen LogP contribution in [0.3, 0.4) is 0 Å². The number of aldehydes is 1. The summed E-state index contributed by atoms with van der Waals surface area (Å²) >= 11 is 0. The lowest BCUT2D eigenvalue weighted by Gasteiger charge is -2.22. The van der Waals surface area contributed by atoms with Gasteiger partial charge in [0.2, 0.25) is 0 Å². The Bertz CT molecular complexity index is 314. The molecule has 4 atom stereocenters. The number of aliphatic hydroxyl groups is 5. The number of rotatable bonds is 5. The van der Waals surface area contributed by atoms with E-state index in [4.69, 9.17) is 22.2 Å². The predicted molar refractivity (Wildman–Crippen MR) is 37.2 cm³/mol. The van der Waals surface area contributed by atoms with E-state index in [0.29, 0.717) is 0 Å². The number of carbonyl (C=O) groups is 1. The quantitative estimate of drug-likeness (QED) is 0.285. The third kappa shape index (κ3) is 2.84. The zero-order chi connectivity index (χ0) is 14.3. The molecule has 0 rings (SSSR count). The van der Waals surface area contributed by atoms with Crippen molar-refractivity contribution in [2.75, 3.05) is 6.61 Å². The fourth-order valence-electron chi connectivity index (χ4n) is 0.372. The van der Waals surface area contributed by atoms with Crippen molar-refractivity contribution in [3.05, 3.63) is 0 Å². The zero-order valence-electron chi connectivity index (χ0n) is 10.9. The summed E-state index contributed by atoms with van der Waals surface area (Å²) < 4.78 is 34.1. The Morgan fingerprint density at radius 3 is 2.17 bits per heavy atom. The third-order valence-electron chi connectivity index (χ3n) is 0.968. The van der Waals surface area contributed by atoms with Crippen molar-refractivity contribution < 1.29 is 37.2 Å². The van der Waals surface area contributed by atoms with Gasteiger partial charge in [-0.2, -0.15) is 0 Å². The molecule has 5 N–H and O–H groups in total. The molecule has 0 aliphatic carbocycles. The van der Waals surface area contributed by atoms with Crippen LogP contribution in [0, 0.1) is 0 Å². The van der Waals surface area contributed by atoms with Gasteiger partial charge >= 0.3 is 0 Å². The Morgan fingerprint density at radius 2 is 1.83 bits per heavy atom. The van der Waals surface area contributed by atoms with Gasteiger partial charge in [-0.25, -0.2) is 0 Å². The average Bonchev–Trinajstić information content (AvgIpc) is 2.16.